The van der Waals surface area contributed by atoms with Gasteiger partial charge >= 0.3 is 0 Å². The Morgan fingerprint density at radius 2 is 1.92 bits per heavy atom. The van der Waals surface area contributed by atoms with Crippen LogP contribution >= 0.6 is 11.6 Å². The third kappa shape index (κ3) is 3.69. The van der Waals surface area contributed by atoms with Crippen LogP contribution in [-0.2, 0) is 6.54 Å². The van der Waals surface area contributed by atoms with Crippen molar-refractivity contribution >= 4 is 17.5 Å². The number of halogens is 1. The van der Waals surface area contributed by atoms with Gasteiger partial charge in [0.05, 0.1) is 11.6 Å². The first kappa shape index (κ1) is 15.9. The van der Waals surface area contributed by atoms with Gasteiger partial charge in [-0.3, -0.25) is 4.79 Å². The van der Waals surface area contributed by atoms with Crippen molar-refractivity contribution in [2.45, 2.75) is 6.54 Å². The smallest absolute Gasteiger partial charge is 0.248 e. The van der Waals surface area contributed by atoms with Gasteiger partial charge in [-0.05, 0) is 29.5 Å². The SMILES string of the molecule is NC(=O)c1ccc(-c2nnn(CCOc3ccccc3Cl)n2)cc1. The minimum Gasteiger partial charge on any atom is -0.490 e. The van der Waals surface area contributed by atoms with Crippen LogP contribution in [0.2, 0.25) is 5.02 Å². The van der Waals surface area contributed by atoms with Gasteiger partial charge in [0.25, 0.3) is 0 Å². The van der Waals surface area contributed by atoms with E-state index in [1.807, 2.05) is 12.1 Å². The molecule has 2 N–H and O–H groups in total. The zero-order valence-electron chi connectivity index (χ0n) is 12.6. The van der Waals surface area contributed by atoms with Crippen LogP contribution in [0.3, 0.4) is 0 Å². The lowest BCUT2D eigenvalue weighted by molar-refractivity contribution is 0.100. The average molecular weight is 344 g/mol. The molecule has 3 aromatic rings. The normalized spacial score (nSPS) is 10.5. The lowest BCUT2D eigenvalue weighted by atomic mass is 10.1. The second-order valence-corrected chi connectivity index (χ2v) is 5.34. The maximum Gasteiger partial charge on any atom is 0.248 e. The Morgan fingerprint density at radius 3 is 2.62 bits per heavy atom. The molecule has 24 heavy (non-hydrogen) atoms. The number of benzene rings is 2. The van der Waals surface area contributed by atoms with Gasteiger partial charge in [0.1, 0.15) is 12.4 Å². The molecule has 0 radical (unpaired) electrons. The molecule has 1 aromatic heterocycles. The molecule has 0 fully saturated rings. The van der Waals surface area contributed by atoms with E-state index in [1.54, 1.807) is 36.4 Å². The molecule has 0 aliphatic rings. The molecule has 0 saturated carbocycles. The molecule has 1 heterocycles. The number of hydrogen-bond donors (Lipinski definition) is 1. The molecule has 3 rings (SSSR count). The molecule has 2 aromatic carbocycles. The van der Waals surface area contributed by atoms with E-state index >= 15 is 0 Å². The first-order valence-corrected chi connectivity index (χ1v) is 7.56. The van der Waals surface area contributed by atoms with Gasteiger partial charge in [0.15, 0.2) is 0 Å². The van der Waals surface area contributed by atoms with Gasteiger partial charge in [0, 0.05) is 11.1 Å². The first-order valence-electron chi connectivity index (χ1n) is 7.19. The van der Waals surface area contributed by atoms with E-state index in [4.69, 9.17) is 22.1 Å². The van der Waals surface area contributed by atoms with Crippen LogP contribution in [0.25, 0.3) is 11.4 Å². The van der Waals surface area contributed by atoms with Crippen LogP contribution in [-0.4, -0.2) is 32.7 Å². The highest BCUT2D eigenvalue weighted by Gasteiger charge is 2.08. The highest BCUT2D eigenvalue weighted by Crippen LogP contribution is 2.22. The molecule has 0 bridgehead atoms. The first-order chi connectivity index (χ1) is 11.6. The molecule has 0 aliphatic heterocycles. The number of aromatic nitrogens is 4. The molecular formula is C16H14ClN5O2. The Labute approximate surface area is 143 Å². The predicted octanol–water partition coefficient (Wildman–Crippen LogP) is 2.17. The number of amides is 1. The monoisotopic (exact) mass is 343 g/mol. The third-order valence-corrected chi connectivity index (χ3v) is 3.58. The van der Waals surface area contributed by atoms with Crippen molar-refractivity contribution < 1.29 is 9.53 Å². The summed E-state index contributed by atoms with van der Waals surface area (Å²) in [5.41, 5.74) is 6.39. The molecule has 122 valence electrons. The zero-order chi connectivity index (χ0) is 16.9. The molecular weight excluding hydrogens is 330 g/mol. The zero-order valence-corrected chi connectivity index (χ0v) is 13.3. The Balaban J connectivity index is 1.61. The number of carbonyl (C=O) groups excluding carboxylic acids is 1. The van der Waals surface area contributed by atoms with Crippen LogP contribution < -0.4 is 10.5 Å². The quantitative estimate of drug-likeness (QED) is 0.740. The summed E-state index contributed by atoms with van der Waals surface area (Å²) in [7, 11) is 0. The summed E-state index contributed by atoms with van der Waals surface area (Å²) in [5, 5.41) is 12.8. The van der Waals surface area contributed by atoms with E-state index in [0.29, 0.717) is 35.3 Å². The highest BCUT2D eigenvalue weighted by molar-refractivity contribution is 6.32. The largest absolute Gasteiger partial charge is 0.490 e. The van der Waals surface area contributed by atoms with Gasteiger partial charge < -0.3 is 10.5 Å². The molecule has 0 spiro atoms. The third-order valence-electron chi connectivity index (χ3n) is 3.27. The summed E-state index contributed by atoms with van der Waals surface area (Å²) in [6.07, 6.45) is 0. The average Bonchev–Trinajstić information content (AvgIpc) is 3.05. The number of primary amides is 1. The van der Waals surface area contributed by atoms with Crippen molar-refractivity contribution in [3.8, 4) is 17.1 Å². The summed E-state index contributed by atoms with van der Waals surface area (Å²) < 4.78 is 5.59. The number of nitrogens with zero attached hydrogens (tertiary/aromatic N) is 4. The number of hydrogen-bond acceptors (Lipinski definition) is 5. The van der Waals surface area contributed by atoms with Crippen LogP contribution in [0.15, 0.2) is 48.5 Å². The summed E-state index contributed by atoms with van der Waals surface area (Å²) in [4.78, 5) is 12.5. The maximum atomic E-state index is 11.1. The lowest BCUT2D eigenvalue weighted by Gasteiger charge is -2.06. The van der Waals surface area contributed by atoms with Gasteiger partial charge in [-0.1, -0.05) is 35.9 Å². The molecule has 7 nitrogen and oxygen atoms in total. The fourth-order valence-electron chi connectivity index (χ4n) is 2.04. The Bertz CT molecular complexity index is 848. The fraction of sp³-hybridized carbons (Fsp3) is 0.125. The Morgan fingerprint density at radius 1 is 1.17 bits per heavy atom. The van der Waals surface area contributed by atoms with Gasteiger partial charge in [-0.2, -0.15) is 4.80 Å². The van der Waals surface area contributed by atoms with E-state index in [-0.39, 0.29) is 0 Å². The lowest BCUT2D eigenvalue weighted by Crippen LogP contribution is -2.11. The van der Waals surface area contributed by atoms with Crippen molar-refractivity contribution in [2.24, 2.45) is 5.73 Å². The van der Waals surface area contributed by atoms with E-state index in [1.165, 1.54) is 4.80 Å². The second-order valence-electron chi connectivity index (χ2n) is 4.93. The number of rotatable bonds is 6. The summed E-state index contributed by atoms with van der Waals surface area (Å²) >= 11 is 6.02. The molecule has 8 heteroatoms. The van der Waals surface area contributed by atoms with Crippen LogP contribution in [0.1, 0.15) is 10.4 Å². The summed E-state index contributed by atoms with van der Waals surface area (Å²) in [6.45, 7) is 0.789. The maximum absolute atomic E-state index is 11.1. The summed E-state index contributed by atoms with van der Waals surface area (Å²) in [5.74, 6) is 0.597. The molecule has 0 aliphatic carbocycles. The number of carbonyl (C=O) groups is 1. The van der Waals surface area contributed by atoms with Crippen LogP contribution in [0, 0.1) is 0 Å². The molecule has 0 unspecified atom stereocenters. The Kier molecular flexibility index (Phi) is 4.72. The standard InChI is InChI=1S/C16H14ClN5O2/c17-13-3-1-2-4-14(13)24-10-9-22-20-16(19-21-22)12-7-5-11(6-8-12)15(18)23/h1-8H,9-10H2,(H2,18,23). The van der Waals surface area contributed by atoms with Gasteiger partial charge in [-0.15, -0.1) is 10.2 Å². The Hall–Kier alpha value is -2.93. The number of para-hydroxylation sites is 1. The van der Waals surface area contributed by atoms with Crippen molar-refractivity contribution in [1.82, 2.24) is 20.2 Å². The van der Waals surface area contributed by atoms with E-state index < -0.39 is 5.91 Å². The van der Waals surface area contributed by atoms with Gasteiger partial charge in [0.2, 0.25) is 11.7 Å². The van der Waals surface area contributed by atoms with E-state index in [0.717, 1.165) is 5.56 Å². The van der Waals surface area contributed by atoms with E-state index in [2.05, 4.69) is 15.4 Å². The minimum absolute atomic E-state index is 0.361. The van der Waals surface area contributed by atoms with Crippen molar-refractivity contribution in [3.63, 3.8) is 0 Å². The van der Waals surface area contributed by atoms with Crippen LogP contribution in [0.4, 0.5) is 0 Å². The van der Waals surface area contributed by atoms with Crippen LogP contribution in [0.5, 0.6) is 5.75 Å². The number of nitrogens with two attached hydrogens (primary N) is 1. The predicted molar refractivity (Wildman–Crippen MR) is 88.7 cm³/mol. The van der Waals surface area contributed by atoms with Crippen molar-refractivity contribution in [2.75, 3.05) is 6.61 Å². The fourth-order valence-corrected chi connectivity index (χ4v) is 2.23. The molecule has 0 saturated heterocycles. The number of tetrazole rings is 1. The van der Waals surface area contributed by atoms with E-state index in [9.17, 15) is 4.79 Å². The van der Waals surface area contributed by atoms with Crippen molar-refractivity contribution in [3.05, 3.63) is 59.1 Å². The van der Waals surface area contributed by atoms with Crippen molar-refractivity contribution in [1.29, 1.82) is 0 Å². The topological polar surface area (TPSA) is 95.9 Å². The highest BCUT2D eigenvalue weighted by atomic mass is 35.5. The van der Waals surface area contributed by atoms with Gasteiger partial charge in [-0.25, -0.2) is 0 Å². The number of ether oxygens (including phenoxy) is 1. The summed E-state index contributed by atoms with van der Waals surface area (Å²) in [6, 6.07) is 13.9. The molecule has 1 amide bonds. The second kappa shape index (κ2) is 7.10. The molecule has 0 atom stereocenters. The minimum atomic E-state index is -0.477.